The molecule has 3 rings (SSSR count). The molecule has 5 heteroatoms. The normalized spacial score (nSPS) is 16.8. The molecule has 1 fully saturated rings. The Labute approximate surface area is 149 Å². The van der Waals surface area contributed by atoms with Crippen LogP contribution in [0.15, 0.2) is 42.6 Å². The summed E-state index contributed by atoms with van der Waals surface area (Å²) in [4.78, 5) is 20.9. The van der Waals surface area contributed by atoms with Crippen LogP contribution in [0.4, 0.5) is 10.6 Å². The van der Waals surface area contributed by atoms with Crippen molar-refractivity contribution in [2.45, 2.75) is 32.4 Å². The van der Waals surface area contributed by atoms with Gasteiger partial charge in [0.25, 0.3) is 0 Å². The molecule has 1 saturated heterocycles. The number of rotatable bonds is 4. The maximum atomic E-state index is 12.5. The summed E-state index contributed by atoms with van der Waals surface area (Å²) in [5, 5.41) is 0. The first-order chi connectivity index (χ1) is 12.1. The van der Waals surface area contributed by atoms with E-state index in [1.54, 1.807) is 0 Å². The average Bonchev–Trinajstić information content (AvgIpc) is 3.10. The van der Waals surface area contributed by atoms with E-state index in [2.05, 4.69) is 18.0 Å². The molecule has 2 heterocycles. The maximum absolute atomic E-state index is 12.5. The Bertz CT molecular complexity index is 731. The molecule has 0 radical (unpaired) electrons. The fraction of sp³-hybridized carbons (Fsp3) is 0.400. The van der Waals surface area contributed by atoms with E-state index in [1.807, 2.05) is 60.4 Å². The van der Waals surface area contributed by atoms with Crippen LogP contribution in [0.25, 0.3) is 0 Å². The van der Waals surface area contributed by atoms with Crippen LogP contribution in [-0.2, 0) is 11.3 Å². The third kappa shape index (κ3) is 3.92. The summed E-state index contributed by atoms with van der Waals surface area (Å²) in [6.45, 7) is 3.09. The van der Waals surface area contributed by atoms with Crippen molar-refractivity contribution in [2.75, 3.05) is 25.5 Å². The molecule has 0 saturated carbocycles. The van der Waals surface area contributed by atoms with Crippen LogP contribution in [0.3, 0.4) is 0 Å². The lowest BCUT2D eigenvalue weighted by Gasteiger charge is -2.25. The number of carbonyl (C=O) groups is 1. The zero-order valence-electron chi connectivity index (χ0n) is 15.1. The largest absolute Gasteiger partial charge is 0.445 e. The number of aryl methyl sites for hydroxylation is 1. The van der Waals surface area contributed by atoms with Gasteiger partial charge in [-0.2, -0.15) is 0 Å². The minimum atomic E-state index is -0.249. The van der Waals surface area contributed by atoms with E-state index in [4.69, 9.17) is 4.74 Å². The number of likely N-dealkylation sites (tertiary alicyclic amines) is 1. The highest BCUT2D eigenvalue weighted by molar-refractivity contribution is 5.69. The van der Waals surface area contributed by atoms with Gasteiger partial charge in [-0.25, -0.2) is 9.78 Å². The molecule has 0 unspecified atom stereocenters. The maximum Gasteiger partial charge on any atom is 0.410 e. The van der Waals surface area contributed by atoms with Crippen molar-refractivity contribution in [3.63, 3.8) is 0 Å². The first-order valence-electron chi connectivity index (χ1n) is 8.67. The van der Waals surface area contributed by atoms with Crippen molar-refractivity contribution in [2.24, 2.45) is 0 Å². The second-order valence-electron chi connectivity index (χ2n) is 6.70. The fourth-order valence-electron chi connectivity index (χ4n) is 3.37. The number of amides is 1. The third-order valence-electron chi connectivity index (χ3n) is 4.57. The van der Waals surface area contributed by atoms with Gasteiger partial charge in [-0.1, -0.05) is 30.3 Å². The third-order valence-corrected chi connectivity index (χ3v) is 4.57. The first kappa shape index (κ1) is 17.3. The number of pyridine rings is 1. The molecular weight excluding hydrogens is 314 g/mol. The number of nitrogens with zero attached hydrogens (tertiary/aromatic N) is 3. The fourth-order valence-corrected chi connectivity index (χ4v) is 3.37. The topological polar surface area (TPSA) is 45.7 Å². The van der Waals surface area contributed by atoms with Gasteiger partial charge in [-0.15, -0.1) is 0 Å². The number of benzene rings is 1. The molecule has 1 aromatic carbocycles. The number of aromatic nitrogens is 1. The Morgan fingerprint density at radius 3 is 2.76 bits per heavy atom. The van der Waals surface area contributed by atoms with Crippen LogP contribution < -0.4 is 4.90 Å². The molecule has 1 atom stereocenters. The molecule has 0 N–H and O–H groups in total. The lowest BCUT2D eigenvalue weighted by molar-refractivity contribution is 0.0920. The van der Waals surface area contributed by atoms with E-state index in [0.717, 1.165) is 41.9 Å². The van der Waals surface area contributed by atoms with E-state index in [0.29, 0.717) is 6.61 Å². The summed E-state index contributed by atoms with van der Waals surface area (Å²) >= 11 is 0. The van der Waals surface area contributed by atoms with Crippen LogP contribution in [0, 0.1) is 6.92 Å². The van der Waals surface area contributed by atoms with E-state index >= 15 is 0 Å². The van der Waals surface area contributed by atoms with Gasteiger partial charge in [0.05, 0.1) is 6.04 Å². The second-order valence-corrected chi connectivity index (χ2v) is 6.70. The Hall–Kier alpha value is -2.56. The van der Waals surface area contributed by atoms with Crippen LogP contribution in [-0.4, -0.2) is 36.6 Å². The Kier molecular flexibility index (Phi) is 5.22. The zero-order chi connectivity index (χ0) is 17.8. The standard InChI is InChI=1S/C20H25N3O2/c1-15-12-17(13-21-19(15)22(2)3)18-10-7-11-23(18)20(24)25-14-16-8-5-4-6-9-16/h4-6,8-9,12-13,18H,7,10-11,14H2,1-3H3/t18-/m1/s1. The molecule has 1 aromatic heterocycles. The monoisotopic (exact) mass is 339 g/mol. The van der Waals surface area contributed by atoms with Crippen LogP contribution in [0.1, 0.15) is 35.6 Å². The summed E-state index contributed by atoms with van der Waals surface area (Å²) < 4.78 is 5.51. The molecule has 132 valence electrons. The molecule has 2 aromatic rings. The summed E-state index contributed by atoms with van der Waals surface area (Å²) in [7, 11) is 3.97. The van der Waals surface area contributed by atoms with E-state index in [-0.39, 0.29) is 12.1 Å². The predicted molar refractivity (Wildman–Crippen MR) is 98.6 cm³/mol. The van der Waals surface area contributed by atoms with E-state index in [1.165, 1.54) is 0 Å². The van der Waals surface area contributed by atoms with Crippen molar-refractivity contribution in [1.82, 2.24) is 9.88 Å². The van der Waals surface area contributed by atoms with Gasteiger partial charge in [0.1, 0.15) is 12.4 Å². The van der Waals surface area contributed by atoms with Crippen molar-refractivity contribution in [1.29, 1.82) is 0 Å². The van der Waals surface area contributed by atoms with Crippen LogP contribution >= 0.6 is 0 Å². The number of carbonyl (C=O) groups excluding carboxylic acids is 1. The van der Waals surface area contributed by atoms with Crippen molar-refractivity contribution >= 4 is 11.9 Å². The van der Waals surface area contributed by atoms with Gasteiger partial charge in [0.2, 0.25) is 0 Å². The van der Waals surface area contributed by atoms with E-state index < -0.39 is 0 Å². The highest BCUT2D eigenvalue weighted by atomic mass is 16.6. The Balaban J connectivity index is 1.69. The van der Waals surface area contributed by atoms with Gasteiger partial charge in [0, 0.05) is 26.8 Å². The predicted octanol–water partition coefficient (Wildman–Crippen LogP) is 3.93. The lowest BCUT2D eigenvalue weighted by Crippen LogP contribution is -2.31. The number of ether oxygens (including phenoxy) is 1. The smallest absolute Gasteiger partial charge is 0.410 e. The number of anilines is 1. The van der Waals surface area contributed by atoms with Gasteiger partial charge in [-0.3, -0.25) is 0 Å². The highest BCUT2D eigenvalue weighted by Crippen LogP contribution is 2.33. The summed E-state index contributed by atoms with van der Waals surface area (Å²) in [5.41, 5.74) is 3.20. The van der Waals surface area contributed by atoms with Crippen molar-refractivity contribution < 1.29 is 9.53 Å². The number of hydrogen-bond donors (Lipinski definition) is 0. The molecular formula is C20H25N3O2. The molecule has 0 spiro atoms. The minimum Gasteiger partial charge on any atom is -0.445 e. The molecule has 25 heavy (non-hydrogen) atoms. The quantitative estimate of drug-likeness (QED) is 0.847. The second kappa shape index (κ2) is 7.55. The molecule has 0 bridgehead atoms. The van der Waals surface area contributed by atoms with Crippen LogP contribution in [0.2, 0.25) is 0 Å². The summed E-state index contributed by atoms with van der Waals surface area (Å²) in [6, 6.07) is 11.9. The Morgan fingerprint density at radius 1 is 1.32 bits per heavy atom. The van der Waals surface area contributed by atoms with E-state index in [9.17, 15) is 4.79 Å². The summed E-state index contributed by atoms with van der Waals surface area (Å²) in [6.07, 6.45) is 3.57. The van der Waals surface area contributed by atoms with Gasteiger partial charge >= 0.3 is 6.09 Å². The molecule has 0 aliphatic carbocycles. The molecule has 5 nitrogen and oxygen atoms in total. The van der Waals surface area contributed by atoms with Crippen molar-refractivity contribution in [3.05, 3.63) is 59.3 Å². The van der Waals surface area contributed by atoms with Gasteiger partial charge in [-0.05, 0) is 42.5 Å². The number of hydrogen-bond acceptors (Lipinski definition) is 4. The zero-order valence-corrected chi connectivity index (χ0v) is 15.1. The average molecular weight is 339 g/mol. The van der Waals surface area contributed by atoms with Crippen LogP contribution in [0.5, 0.6) is 0 Å². The lowest BCUT2D eigenvalue weighted by atomic mass is 10.0. The highest BCUT2D eigenvalue weighted by Gasteiger charge is 2.31. The first-order valence-corrected chi connectivity index (χ1v) is 8.67. The van der Waals surface area contributed by atoms with Crippen molar-refractivity contribution in [3.8, 4) is 0 Å². The minimum absolute atomic E-state index is 0.0469. The summed E-state index contributed by atoms with van der Waals surface area (Å²) in [5.74, 6) is 0.958. The van der Waals surface area contributed by atoms with Gasteiger partial charge in [0.15, 0.2) is 0 Å². The SMILES string of the molecule is Cc1cc([C@H]2CCCN2C(=O)OCc2ccccc2)cnc1N(C)C. The Morgan fingerprint density at radius 2 is 2.08 bits per heavy atom. The molecule has 1 aliphatic rings. The van der Waals surface area contributed by atoms with Gasteiger partial charge < -0.3 is 14.5 Å². The molecule has 1 aliphatic heterocycles. The molecule has 1 amide bonds.